The highest BCUT2D eigenvalue weighted by atomic mass is 16.5. The van der Waals surface area contributed by atoms with Crippen molar-refractivity contribution in [3.63, 3.8) is 0 Å². The minimum Gasteiger partial charge on any atom is -0.467 e. The van der Waals surface area contributed by atoms with Crippen molar-refractivity contribution in [2.45, 2.75) is 44.7 Å². The van der Waals surface area contributed by atoms with Crippen molar-refractivity contribution in [3.8, 4) is 0 Å². The van der Waals surface area contributed by atoms with E-state index in [2.05, 4.69) is 22.2 Å². The van der Waals surface area contributed by atoms with E-state index in [1.165, 1.54) is 12.7 Å². The van der Waals surface area contributed by atoms with Crippen LogP contribution in [0.25, 0.3) is 0 Å². The lowest BCUT2D eigenvalue weighted by Gasteiger charge is -2.17. The van der Waals surface area contributed by atoms with Crippen molar-refractivity contribution >= 4 is 11.9 Å². The van der Waals surface area contributed by atoms with Gasteiger partial charge >= 0.3 is 5.97 Å². The van der Waals surface area contributed by atoms with Gasteiger partial charge in [-0.15, -0.1) is 0 Å². The van der Waals surface area contributed by atoms with Gasteiger partial charge in [0.15, 0.2) is 0 Å². The average molecular weight is 292 g/mol. The van der Waals surface area contributed by atoms with Crippen molar-refractivity contribution < 1.29 is 14.3 Å². The molecule has 0 heterocycles. The molecule has 2 unspecified atom stereocenters. The number of ether oxygens (including phenoxy) is 1. The second-order valence-corrected chi connectivity index (χ2v) is 4.98. The Bertz CT molecular complexity index is 448. The first-order chi connectivity index (χ1) is 10.1. The lowest BCUT2D eigenvalue weighted by atomic mass is 10.0. The van der Waals surface area contributed by atoms with E-state index in [1.54, 1.807) is 0 Å². The number of amides is 1. The summed E-state index contributed by atoms with van der Waals surface area (Å²) >= 11 is 0. The number of hydrogen-bond acceptors (Lipinski definition) is 4. The fourth-order valence-corrected chi connectivity index (χ4v) is 2.05. The van der Waals surface area contributed by atoms with Crippen LogP contribution in [0.3, 0.4) is 0 Å². The number of methoxy groups -OCH3 is 1. The topological polar surface area (TPSA) is 81.4 Å². The van der Waals surface area contributed by atoms with Gasteiger partial charge in [-0.1, -0.05) is 37.3 Å². The van der Waals surface area contributed by atoms with Crippen LogP contribution in [0.4, 0.5) is 0 Å². The molecule has 0 radical (unpaired) electrons. The fraction of sp³-hybridized carbons (Fsp3) is 0.500. The zero-order chi connectivity index (χ0) is 15.7. The number of nitrogens with two attached hydrogens (primary N) is 1. The van der Waals surface area contributed by atoms with Crippen LogP contribution >= 0.6 is 0 Å². The lowest BCUT2D eigenvalue weighted by molar-refractivity contribution is -0.145. The third-order valence-electron chi connectivity index (χ3n) is 3.37. The van der Waals surface area contributed by atoms with Gasteiger partial charge in [-0.2, -0.15) is 0 Å². The molecule has 5 heteroatoms. The predicted octanol–water partition coefficient (Wildman–Crippen LogP) is 1.40. The van der Waals surface area contributed by atoms with E-state index in [1.807, 2.05) is 25.1 Å². The molecule has 0 fully saturated rings. The summed E-state index contributed by atoms with van der Waals surface area (Å²) < 4.78 is 4.63. The monoisotopic (exact) mass is 292 g/mol. The van der Waals surface area contributed by atoms with E-state index >= 15 is 0 Å². The van der Waals surface area contributed by atoms with E-state index < -0.39 is 18.1 Å². The van der Waals surface area contributed by atoms with E-state index in [9.17, 15) is 9.59 Å². The molecule has 1 aromatic carbocycles. The first kappa shape index (κ1) is 17.2. The maximum atomic E-state index is 11.9. The number of rotatable bonds is 8. The summed E-state index contributed by atoms with van der Waals surface area (Å²) in [5, 5.41) is 2.63. The number of benzene rings is 1. The SMILES string of the molecule is CCC(NC(=O)C(N)CCCc1ccccc1)C(=O)OC. The van der Waals surface area contributed by atoms with Gasteiger partial charge < -0.3 is 15.8 Å². The Balaban J connectivity index is 2.35. The standard InChI is InChI=1S/C16H24N2O3/c1-3-14(16(20)21-2)18-15(19)13(17)11-7-10-12-8-5-4-6-9-12/h4-6,8-9,13-14H,3,7,10-11,17H2,1-2H3,(H,18,19). The number of aryl methyl sites for hydroxylation is 1. The largest absolute Gasteiger partial charge is 0.467 e. The molecule has 0 aliphatic rings. The van der Waals surface area contributed by atoms with Crippen molar-refractivity contribution in [3.05, 3.63) is 35.9 Å². The molecular formula is C16H24N2O3. The summed E-state index contributed by atoms with van der Waals surface area (Å²) in [5.74, 6) is -0.748. The molecule has 1 rings (SSSR count). The maximum Gasteiger partial charge on any atom is 0.328 e. The first-order valence-corrected chi connectivity index (χ1v) is 7.26. The number of carbonyl (C=O) groups excluding carboxylic acids is 2. The molecule has 0 aliphatic heterocycles. The van der Waals surface area contributed by atoms with Crippen LogP contribution in [0, 0.1) is 0 Å². The predicted molar refractivity (Wildman–Crippen MR) is 81.6 cm³/mol. The highest BCUT2D eigenvalue weighted by Gasteiger charge is 2.22. The molecule has 21 heavy (non-hydrogen) atoms. The van der Waals surface area contributed by atoms with Crippen LogP contribution in [-0.2, 0) is 20.7 Å². The Morgan fingerprint density at radius 1 is 1.29 bits per heavy atom. The second kappa shape index (κ2) is 9.13. The molecule has 0 saturated heterocycles. The zero-order valence-corrected chi connectivity index (χ0v) is 12.7. The van der Waals surface area contributed by atoms with Gasteiger partial charge in [0.05, 0.1) is 13.2 Å². The van der Waals surface area contributed by atoms with Gasteiger partial charge in [0.2, 0.25) is 5.91 Å². The number of carbonyl (C=O) groups is 2. The summed E-state index contributed by atoms with van der Waals surface area (Å²) in [7, 11) is 1.30. The summed E-state index contributed by atoms with van der Waals surface area (Å²) in [6.07, 6.45) is 2.77. The maximum absolute atomic E-state index is 11.9. The molecule has 1 aromatic rings. The molecular weight excluding hydrogens is 268 g/mol. The third-order valence-corrected chi connectivity index (χ3v) is 3.37. The normalized spacial score (nSPS) is 13.3. The smallest absolute Gasteiger partial charge is 0.328 e. The Labute approximate surface area is 125 Å². The summed E-state index contributed by atoms with van der Waals surface area (Å²) in [4.78, 5) is 23.4. The number of esters is 1. The van der Waals surface area contributed by atoms with Gasteiger partial charge in [-0.3, -0.25) is 4.79 Å². The minimum atomic E-state index is -0.623. The van der Waals surface area contributed by atoms with E-state index in [0.29, 0.717) is 12.8 Å². The second-order valence-electron chi connectivity index (χ2n) is 4.98. The van der Waals surface area contributed by atoms with Gasteiger partial charge in [0, 0.05) is 0 Å². The van der Waals surface area contributed by atoms with Crippen LogP contribution in [0.2, 0.25) is 0 Å². The number of hydrogen-bond donors (Lipinski definition) is 2. The van der Waals surface area contributed by atoms with Crippen molar-refractivity contribution in [2.24, 2.45) is 5.73 Å². The lowest BCUT2D eigenvalue weighted by Crippen LogP contribution is -2.48. The van der Waals surface area contributed by atoms with E-state index in [4.69, 9.17) is 5.73 Å². The minimum absolute atomic E-state index is 0.305. The average Bonchev–Trinajstić information content (AvgIpc) is 2.52. The highest BCUT2D eigenvalue weighted by molar-refractivity contribution is 5.87. The summed E-state index contributed by atoms with van der Waals surface area (Å²) in [6, 6.07) is 8.83. The number of nitrogens with one attached hydrogen (secondary N) is 1. The van der Waals surface area contributed by atoms with Crippen LogP contribution < -0.4 is 11.1 Å². The van der Waals surface area contributed by atoms with Gasteiger partial charge in [0.1, 0.15) is 6.04 Å². The summed E-state index contributed by atoms with van der Waals surface area (Å²) in [6.45, 7) is 1.81. The molecule has 3 N–H and O–H groups in total. The Morgan fingerprint density at radius 2 is 1.95 bits per heavy atom. The first-order valence-electron chi connectivity index (χ1n) is 7.26. The molecule has 0 aliphatic carbocycles. The van der Waals surface area contributed by atoms with E-state index in [-0.39, 0.29) is 5.91 Å². The Kier molecular flexibility index (Phi) is 7.46. The molecule has 0 spiro atoms. The molecule has 2 atom stereocenters. The van der Waals surface area contributed by atoms with Crippen LogP contribution in [0.5, 0.6) is 0 Å². The zero-order valence-electron chi connectivity index (χ0n) is 12.7. The van der Waals surface area contributed by atoms with Crippen LogP contribution in [0.15, 0.2) is 30.3 Å². The Hall–Kier alpha value is -1.88. The molecule has 0 aromatic heterocycles. The van der Waals surface area contributed by atoms with Crippen LogP contribution in [0.1, 0.15) is 31.7 Å². The fourth-order valence-electron chi connectivity index (χ4n) is 2.05. The molecule has 0 saturated carbocycles. The molecule has 1 amide bonds. The van der Waals surface area contributed by atoms with Gasteiger partial charge in [-0.25, -0.2) is 4.79 Å². The molecule has 0 bridgehead atoms. The third kappa shape index (κ3) is 5.95. The van der Waals surface area contributed by atoms with Crippen molar-refractivity contribution in [1.82, 2.24) is 5.32 Å². The van der Waals surface area contributed by atoms with E-state index in [0.717, 1.165) is 12.8 Å². The van der Waals surface area contributed by atoms with Gasteiger partial charge in [0.25, 0.3) is 0 Å². The van der Waals surface area contributed by atoms with Crippen LogP contribution in [-0.4, -0.2) is 31.1 Å². The Morgan fingerprint density at radius 3 is 2.52 bits per heavy atom. The highest BCUT2D eigenvalue weighted by Crippen LogP contribution is 2.06. The quantitative estimate of drug-likeness (QED) is 0.710. The van der Waals surface area contributed by atoms with Crippen molar-refractivity contribution in [2.75, 3.05) is 7.11 Å². The molecule has 116 valence electrons. The van der Waals surface area contributed by atoms with Crippen molar-refractivity contribution in [1.29, 1.82) is 0 Å². The summed E-state index contributed by atoms with van der Waals surface area (Å²) in [5.41, 5.74) is 7.09. The van der Waals surface area contributed by atoms with Gasteiger partial charge in [-0.05, 0) is 31.2 Å². The molecule has 5 nitrogen and oxygen atoms in total.